The fourth-order valence-corrected chi connectivity index (χ4v) is 3.36. The summed E-state index contributed by atoms with van der Waals surface area (Å²) in [5.41, 5.74) is 3.14. The first kappa shape index (κ1) is 17.2. The van der Waals surface area contributed by atoms with Crippen molar-refractivity contribution in [3.63, 3.8) is 0 Å². The normalized spacial score (nSPS) is 12.1. The standard InChI is InChI=1S/C19H19N5S/c1-13(2)16-8-4-5-9-17(16)24-18(15-7-6-10-21-12-15)22-23-19(24)25-14(3)11-20/h4-10,12-14H,1-3H3/t14-/m1/s1. The minimum Gasteiger partial charge on any atom is -0.270 e. The first-order valence-electron chi connectivity index (χ1n) is 8.13. The van der Waals surface area contributed by atoms with E-state index in [4.69, 9.17) is 0 Å². The Hall–Kier alpha value is -2.65. The number of hydrogen-bond donors (Lipinski definition) is 0. The fraction of sp³-hybridized carbons (Fsp3) is 0.263. The third kappa shape index (κ3) is 3.57. The predicted octanol–water partition coefficient (Wildman–Crippen LogP) is 4.46. The first-order chi connectivity index (χ1) is 12.1. The van der Waals surface area contributed by atoms with Gasteiger partial charge in [-0.3, -0.25) is 9.55 Å². The van der Waals surface area contributed by atoms with Crippen molar-refractivity contribution in [3.05, 3.63) is 54.4 Å². The zero-order valence-corrected chi connectivity index (χ0v) is 15.2. The van der Waals surface area contributed by atoms with Crippen LogP contribution in [-0.4, -0.2) is 25.0 Å². The summed E-state index contributed by atoms with van der Waals surface area (Å²) in [5, 5.41) is 18.4. The molecule has 2 heterocycles. The van der Waals surface area contributed by atoms with Crippen molar-refractivity contribution in [3.8, 4) is 23.1 Å². The molecule has 0 fully saturated rings. The smallest absolute Gasteiger partial charge is 0.197 e. The number of para-hydroxylation sites is 1. The van der Waals surface area contributed by atoms with Gasteiger partial charge >= 0.3 is 0 Å². The van der Waals surface area contributed by atoms with Gasteiger partial charge in [-0.1, -0.05) is 43.8 Å². The summed E-state index contributed by atoms with van der Waals surface area (Å²) in [6, 6.07) is 14.3. The largest absolute Gasteiger partial charge is 0.270 e. The summed E-state index contributed by atoms with van der Waals surface area (Å²) in [4.78, 5) is 4.20. The maximum absolute atomic E-state index is 9.19. The quantitative estimate of drug-likeness (QED) is 0.636. The Morgan fingerprint density at radius 2 is 1.88 bits per heavy atom. The molecule has 0 aliphatic heterocycles. The van der Waals surface area contributed by atoms with E-state index in [2.05, 4.69) is 47.2 Å². The molecule has 0 bridgehead atoms. The van der Waals surface area contributed by atoms with Gasteiger partial charge in [-0.25, -0.2) is 0 Å². The minimum atomic E-state index is -0.212. The lowest BCUT2D eigenvalue weighted by Gasteiger charge is -2.17. The number of pyridine rings is 1. The molecule has 1 atom stereocenters. The summed E-state index contributed by atoms with van der Waals surface area (Å²) in [7, 11) is 0. The monoisotopic (exact) mass is 349 g/mol. The summed E-state index contributed by atoms with van der Waals surface area (Å²) in [6.07, 6.45) is 3.51. The van der Waals surface area contributed by atoms with Gasteiger partial charge in [0.2, 0.25) is 0 Å². The van der Waals surface area contributed by atoms with E-state index in [0.717, 1.165) is 17.1 Å². The van der Waals surface area contributed by atoms with E-state index < -0.39 is 0 Å². The molecule has 0 aliphatic rings. The lowest BCUT2D eigenvalue weighted by molar-refractivity contribution is 0.818. The Bertz CT molecular complexity index is 896. The number of thioether (sulfide) groups is 1. The van der Waals surface area contributed by atoms with Gasteiger partial charge in [-0.2, -0.15) is 5.26 Å². The molecule has 3 aromatic rings. The van der Waals surface area contributed by atoms with Crippen molar-refractivity contribution in [2.75, 3.05) is 0 Å². The molecule has 0 aliphatic carbocycles. The van der Waals surface area contributed by atoms with Crippen molar-refractivity contribution < 1.29 is 0 Å². The third-order valence-electron chi connectivity index (χ3n) is 3.82. The van der Waals surface area contributed by atoms with Gasteiger partial charge in [-0.05, 0) is 36.6 Å². The van der Waals surface area contributed by atoms with Crippen LogP contribution in [0.15, 0.2) is 53.9 Å². The molecule has 1 aromatic carbocycles. The van der Waals surface area contributed by atoms with Crippen LogP contribution in [0.1, 0.15) is 32.3 Å². The van der Waals surface area contributed by atoms with Crippen LogP contribution in [0.2, 0.25) is 0 Å². The van der Waals surface area contributed by atoms with Crippen LogP contribution in [0.5, 0.6) is 0 Å². The molecule has 6 heteroatoms. The number of benzene rings is 1. The molecular weight excluding hydrogens is 330 g/mol. The summed E-state index contributed by atoms with van der Waals surface area (Å²) >= 11 is 1.41. The van der Waals surface area contributed by atoms with Crippen molar-refractivity contribution in [1.82, 2.24) is 19.7 Å². The molecule has 2 aromatic heterocycles. The average Bonchev–Trinajstić information content (AvgIpc) is 3.05. The highest BCUT2D eigenvalue weighted by Crippen LogP contribution is 2.33. The highest BCUT2D eigenvalue weighted by Gasteiger charge is 2.20. The molecular formula is C19H19N5S. The van der Waals surface area contributed by atoms with Crippen LogP contribution in [0, 0.1) is 11.3 Å². The van der Waals surface area contributed by atoms with Crippen molar-refractivity contribution >= 4 is 11.8 Å². The number of rotatable bonds is 5. The summed E-state index contributed by atoms with van der Waals surface area (Å²) in [6.45, 7) is 6.19. The van der Waals surface area contributed by atoms with Crippen molar-refractivity contribution in [2.45, 2.75) is 37.1 Å². The number of nitriles is 1. The third-order valence-corrected chi connectivity index (χ3v) is 4.75. The Morgan fingerprint density at radius 1 is 1.08 bits per heavy atom. The SMILES string of the molecule is CC(C)c1ccccc1-n1c(S[C@H](C)C#N)nnc1-c1cccnc1. The minimum absolute atomic E-state index is 0.212. The van der Waals surface area contributed by atoms with E-state index in [1.807, 2.05) is 35.8 Å². The Morgan fingerprint density at radius 3 is 2.56 bits per heavy atom. The lowest BCUT2D eigenvalue weighted by Crippen LogP contribution is -2.06. The van der Waals surface area contributed by atoms with Gasteiger partial charge in [0.25, 0.3) is 0 Å². The van der Waals surface area contributed by atoms with Crippen LogP contribution >= 0.6 is 11.8 Å². The molecule has 0 saturated carbocycles. The van der Waals surface area contributed by atoms with E-state index in [1.54, 1.807) is 12.4 Å². The molecule has 0 saturated heterocycles. The van der Waals surface area contributed by atoms with Crippen LogP contribution in [-0.2, 0) is 0 Å². The van der Waals surface area contributed by atoms with E-state index in [0.29, 0.717) is 11.1 Å². The lowest BCUT2D eigenvalue weighted by atomic mass is 10.0. The zero-order chi connectivity index (χ0) is 17.8. The molecule has 25 heavy (non-hydrogen) atoms. The van der Waals surface area contributed by atoms with E-state index in [9.17, 15) is 5.26 Å². The molecule has 0 unspecified atom stereocenters. The Balaban J connectivity index is 2.22. The molecule has 3 rings (SSSR count). The molecule has 5 nitrogen and oxygen atoms in total. The van der Waals surface area contributed by atoms with E-state index in [1.165, 1.54) is 17.3 Å². The van der Waals surface area contributed by atoms with Gasteiger partial charge in [0.15, 0.2) is 11.0 Å². The predicted molar refractivity (Wildman–Crippen MR) is 99.6 cm³/mol. The van der Waals surface area contributed by atoms with Gasteiger partial charge in [-0.15, -0.1) is 10.2 Å². The number of hydrogen-bond acceptors (Lipinski definition) is 5. The Labute approximate surface area is 151 Å². The van der Waals surface area contributed by atoms with Crippen LogP contribution in [0.3, 0.4) is 0 Å². The highest BCUT2D eigenvalue weighted by molar-refractivity contribution is 8.00. The molecule has 0 N–H and O–H groups in total. The molecule has 0 amide bonds. The Kier molecular flexibility index (Phi) is 5.15. The van der Waals surface area contributed by atoms with Crippen molar-refractivity contribution in [2.24, 2.45) is 0 Å². The highest BCUT2D eigenvalue weighted by atomic mass is 32.2. The topological polar surface area (TPSA) is 67.4 Å². The second kappa shape index (κ2) is 7.49. The number of nitrogens with zero attached hydrogens (tertiary/aromatic N) is 5. The van der Waals surface area contributed by atoms with Gasteiger partial charge < -0.3 is 0 Å². The second-order valence-electron chi connectivity index (χ2n) is 5.99. The van der Waals surface area contributed by atoms with Crippen LogP contribution < -0.4 is 0 Å². The molecule has 126 valence electrons. The maximum Gasteiger partial charge on any atom is 0.197 e. The van der Waals surface area contributed by atoms with Gasteiger partial charge in [0.1, 0.15) is 0 Å². The van der Waals surface area contributed by atoms with Gasteiger partial charge in [0.05, 0.1) is 17.0 Å². The fourth-order valence-electron chi connectivity index (χ4n) is 2.61. The van der Waals surface area contributed by atoms with Crippen LogP contribution in [0.25, 0.3) is 17.1 Å². The summed E-state index contributed by atoms with van der Waals surface area (Å²) < 4.78 is 2.03. The van der Waals surface area contributed by atoms with Gasteiger partial charge in [0, 0.05) is 18.0 Å². The second-order valence-corrected chi connectivity index (χ2v) is 7.29. The average molecular weight is 349 g/mol. The first-order valence-corrected chi connectivity index (χ1v) is 9.01. The molecule has 0 spiro atoms. The zero-order valence-electron chi connectivity index (χ0n) is 14.4. The van der Waals surface area contributed by atoms with E-state index in [-0.39, 0.29) is 5.25 Å². The van der Waals surface area contributed by atoms with Crippen LogP contribution in [0.4, 0.5) is 0 Å². The summed E-state index contributed by atoms with van der Waals surface area (Å²) in [5.74, 6) is 1.08. The molecule has 0 radical (unpaired) electrons. The van der Waals surface area contributed by atoms with E-state index >= 15 is 0 Å². The number of aromatic nitrogens is 4. The van der Waals surface area contributed by atoms with Crippen molar-refractivity contribution in [1.29, 1.82) is 5.26 Å². The maximum atomic E-state index is 9.19.